The van der Waals surface area contributed by atoms with Crippen molar-refractivity contribution in [1.82, 2.24) is 4.98 Å². The highest BCUT2D eigenvalue weighted by atomic mass is 16.1. The van der Waals surface area contributed by atoms with Gasteiger partial charge < -0.3 is 5.32 Å². The molecule has 24 heavy (non-hydrogen) atoms. The highest BCUT2D eigenvalue weighted by Crippen LogP contribution is 2.19. The predicted molar refractivity (Wildman–Crippen MR) is 94.1 cm³/mol. The lowest BCUT2D eigenvalue weighted by Gasteiger charge is -2.08. The van der Waals surface area contributed by atoms with Gasteiger partial charge in [0.15, 0.2) is 5.78 Å². The monoisotopic (exact) mass is 316 g/mol. The SMILES string of the molecule is CC(=O)c1cccc(NC(=O)c2cncc(-c3ccccc3)c2)c1. The quantitative estimate of drug-likeness (QED) is 0.734. The van der Waals surface area contributed by atoms with Crippen LogP contribution in [-0.2, 0) is 0 Å². The van der Waals surface area contributed by atoms with E-state index in [0.29, 0.717) is 16.8 Å². The van der Waals surface area contributed by atoms with Crippen LogP contribution >= 0.6 is 0 Å². The number of Topliss-reactive ketones (excluding diaryl/α,β-unsaturated/α-hetero) is 1. The van der Waals surface area contributed by atoms with Crippen molar-refractivity contribution in [2.45, 2.75) is 6.92 Å². The summed E-state index contributed by atoms with van der Waals surface area (Å²) in [5.74, 6) is -0.306. The van der Waals surface area contributed by atoms with Crippen LogP contribution in [0.25, 0.3) is 11.1 Å². The molecule has 3 aromatic rings. The van der Waals surface area contributed by atoms with E-state index in [9.17, 15) is 9.59 Å². The van der Waals surface area contributed by atoms with Gasteiger partial charge in [0, 0.05) is 29.2 Å². The summed E-state index contributed by atoms with van der Waals surface area (Å²) in [6.45, 7) is 1.49. The topological polar surface area (TPSA) is 59.1 Å². The fourth-order valence-corrected chi connectivity index (χ4v) is 2.37. The molecular weight excluding hydrogens is 300 g/mol. The molecule has 0 atom stereocenters. The van der Waals surface area contributed by atoms with Crippen LogP contribution in [0.15, 0.2) is 73.1 Å². The van der Waals surface area contributed by atoms with Gasteiger partial charge in [0.1, 0.15) is 0 Å². The second-order valence-corrected chi connectivity index (χ2v) is 5.42. The molecule has 0 radical (unpaired) electrons. The van der Waals surface area contributed by atoms with Crippen LogP contribution in [0.5, 0.6) is 0 Å². The zero-order chi connectivity index (χ0) is 16.9. The molecule has 0 saturated heterocycles. The molecule has 0 bridgehead atoms. The Kier molecular flexibility index (Phi) is 4.47. The van der Waals surface area contributed by atoms with E-state index in [-0.39, 0.29) is 11.7 Å². The Morgan fingerprint density at radius 2 is 1.62 bits per heavy atom. The van der Waals surface area contributed by atoms with Crippen LogP contribution < -0.4 is 5.32 Å². The second-order valence-electron chi connectivity index (χ2n) is 5.42. The molecule has 0 aliphatic rings. The number of anilines is 1. The van der Waals surface area contributed by atoms with Crippen LogP contribution in [0.4, 0.5) is 5.69 Å². The van der Waals surface area contributed by atoms with Crippen LogP contribution in [0.2, 0.25) is 0 Å². The van der Waals surface area contributed by atoms with Crippen molar-refractivity contribution in [3.63, 3.8) is 0 Å². The average molecular weight is 316 g/mol. The van der Waals surface area contributed by atoms with Crippen molar-refractivity contribution >= 4 is 17.4 Å². The van der Waals surface area contributed by atoms with E-state index in [4.69, 9.17) is 0 Å². The van der Waals surface area contributed by atoms with E-state index < -0.39 is 0 Å². The molecule has 0 aliphatic heterocycles. The summed E-state index contributed by atoms with van der Waals surface area (Å²) in [5.41, 5.74) is 3.48. The van der Waals surface area contributed by atoms with Crippen LogP contribution in [0.3, 0.4) is 0 Å². The molecule has 0 spiro atoms. The Labute approximate surface area is 140 Å². The first-order valence-electron chi connectivity index (χ1n) is 7.56. The molecule has 0 aliphatic carbocycles. The van der Waals surface area contributed by atoms with Crippen molar-refractivity contribution in [2.75, 3.05) is 5.32 Å². The molecule has 1 aromatic heterocycles. The predicted octanol–water partition coefficient (Wildman–Crippen LogP) is 4.20. The number of aromatic nitrogens is 1. The molecule has 0 fully saturated rings. The first kappa shape index (κ1) is 15.6. The van der Waals surface area contributed by atoms with Crippen molar-refractivity contribution in [1.29, 1.82) is 0 Å². The van der Waals surface area contributed by atoms with Gasteiger partial charge >= 0.3 is 0 Å². The highest BCUT2D eigenvalue weighted by molar-refractivity contribution is 6.05. The molecule has 3 rings (SSSR count). The Balaban J connectivity index is 1.83. The zero-order valence-electron chi connectivity index (χ0n) is 13.2. The first-order chi connectivity index (χ1) is 11.6. The maximum Gasteiger partial charge on any atom is 0.257 e. The van der Waals surface area contributed by atoms with E-state index >= 15 is 0 Å². The van der Waals surface area contributed by atoms with Crippen molar-refractivity contribution < 1.29 is 9.59 Å². The Hall–Kier alpha value is -3.27. The maximum absolute atomic E-state index is 12.4. The van der Waals surface area contributed by atoms with E-state index in [2.05, 4.69) is 10.3 Å². The van der Waals surface area contributed by atoms with E-state index in [1.54, 1.807) is 36.5 Å². The number of ketones is 1. The largest absolute Gasteiger partial charge is 0.322 e. The molecule has 1 heterocycles. The van der Waals surface area contributed by atoms with Crippen molar-refractivity contribution in [3.8, 4) is 11.1 Å². The molecule has 0 saturated carbocycles. The maximum atomic E-state index is 12.4. The molecule has 0 unspecified atom stereocenters. The summed E-state index contributed by atoms with van der Waals surface area (Å²) in [7, 11) is 0. The Morgan fingerprint density at radius 3 is 2.38 bits per heavy atom. The zero-order valence-corrected chi connectivity index (χ0v) is 13.2. The third-order valence-corrected chi connectivity index (χ3v) is 3.63. The summed E-state index contributed by atoms with van der Waals surface area (Å²) in [6, 6.07) is 18.4. The van der Waals surface area contributed by atoms with E-state index in [1.807, 2.05) is 30.3 Å². The minimum atomic E-state index is -0.263. The smallest absolute Gasteiger partial charge is 0.257 e. The second kappa shape index (κ2) is 6.87. The lowest BCUT2D eigenvalue weighted by atomic mass is 10.1. The fourth-order valence-electron chi connectivity index (χ4n) is 2.37. The van der Waals surface area contributed by atoms with Gasteiger partial charge in [-0.1, -0.05) is 42.5 Å². The number of rotatable bonds is 4. The number of nitrogens with zero attached hydrogens (tertiary/aromatic N) is 1. The number of amides is 1. The number of pyridine rings is 1. The van der Waals surface area contributed by atoms with Gasteiger partial charge in [-0.3, -0.25) is 14.6 Å². The molecule has 118 valence electrons. The summed E-state index contributed by atoms with van der Waals surface area (Å²) < 4.78 is 0. The molecule has 1 N–H and O–H groups in total. The Morgan fingerprint density at radius 1 is 0.833 bits per heavy atom. The molecule has 4 heteroatoms. The number of carbonyl (C=O) groups is 2. The summed E-state index contributed by atoms with van der Waals surface area (Å²) in [4.78, 5) is 28.0. The lowest BCUT2D eigenvalue weighted by molar-refractivity contribution is 0.101. The normalized spacial score (nSPS) is 10.2. The van der Waals surface area contributed by atoms with Gasteiger partial charge in [-0.05, 0) is 30.7 Å². The molecular formula is C20H16N2O2. The number of carbonyl (C=O) groups excluding carboxylic acids is 2. The van der Waals surface area contributed by atoms with Gasteiger partial charge in [0.25, 0.3) is 5.91 Å². The third-order valence-electron chi connectivity index (χ3n) is 3.63. The van der Waals surface area contributed by atoms with Gasteiger partial charge in [-0.25, -0.2) is 0 Å². The van der Waals surface area contributed by atoms with Gasteiger partial charge in [0.2, 0.25) is 0 Å². The van der Waals surface area contributed by atoms with E-state index in [1.165, 1.54) is 13.1 Å². The number of hydrogen-bond acceptors (Lipinski definition) is 3. The molecule has 1 amide bonds. The first-order valence-corrected chi connectivity index (χ1v) is 7.56. The standard InChI is InChI=1S/C20H16N2O2/c1-14(23)16-8-5-9-19(11-16)22-20(24)18-10-17(12-21-13-18)15-6-3-2-4-7-15/h2-13H,1H3,(H,22,24). The summed E-state index contributed by atoms with van der Waals surface area (Å²) in [5, 5.41) is 2.80. The van der Waals surface area contributed by atoms with Gasteiger partial charge in [0.05, 0.1) is 5.56 Å². The summed E-state index contributed by atoms with van der Waals surface area (Å²) in [6.07, 6.45) is 3.25. The van der Waals surface area contributed by atoms with Gasteiger partial charge in [-0.15, -0.1) is 0 Å². The Bertz CT molecular complexity index is 889. The minimum Gasteiger partial charge on any atom is -0.322 e. The van der Waals surface area contributed by atoms with Crippen molar-refractivity contribution in [3.05, 3.63) is 84.2 Å². The molecule has 4 nitrogen and oxygen atoms in total. The van der Waals surface area contributed by atoms with Crippen LogP contribution in [-0.4, -0.2) is 16.7 Å². The van der Waals surface area contributed by atoms with Crippen LogP contribution in [0.1, 0.15) is 27.6 Å². The number of hydrogen-bond donors (Lipinski definition) is 1. The number of nitrogens with one attached hydrogen (secondary N) is 1. The fraction of sp³-hybridized carbons (Fsp3) is 0.0500. The summed E-state index contributed by atoms with van der Waals surface area (Å²) >= 11 is 0. The minimum absolute atomic E-state index is 0.0427. The van der Waals surface area contributed by atoms with E-state index in [0.717, 1.165) is 11.1 Å². The van der Waals surface area contributed by atoms with Gasteiger partial charge in [-0.2, -0.15) is 0 Å². The van der Waals surface area contributed by atoms with Crippen LogP contribution in [0, 0.1) is 0 Å². The third kappa shape index (κ3) is 3.55. The highest BCUT2D eigenvalue weighted by Gasteiger charge is 2.09. The van der Waals surface area contributed by atoms with Crippen molar-refractivity contribution in [2.24, 2.45) is 0 Å². The lowest BCUT2D eigenvalue weighted by Crippen LogP contribution is -2.12. The molecule has 2 aromatic carbocycles. The average Bonchev–Trinajstić information content (AvgIpc) is 2.63. The number of benzene rings is 2.